The van der Waals surface area contributed by atoms with Gasteiger partial charge in [-0.25, -0.2) is 13.1 Å². The second-order valence-corrected chi connectivity index (χ2v) is 10.3. The third-order valence-electron chi connectivity index (χ3n) is 4.93. The Morgan fingerprint density at radius 2 is 1.81 bits per heavy atom. The molecule has 2 aromatic carbocycles. The van der Waals surface area contributed by atoms with Crippen molar-refractivity contribution >= 4 is 37.8 Å². The van der Waals surface area contributed by atoms with Gasteiger partial charge in [-0.15, -0.1) is 0 Å². The molecule has 1 aliphatic rings. The molecule has 10 nitrogen and oxygen atoms in total. The Morgan fingerprint density at radius 1 is 1.06 bits per heavy atom. The second kappa shape index (κ2) is 9.27. The molecule has 0 saturated heterocycles. The average Bonchev–Trinajstić information content (AvgIpc) is 2.69. The number of fused-ring (bicyclic) bond motifs is 1. The van der Waals surface area contributed by atoms with Crippen LogP contribution in [0.1, 0.15) is 30.0 Å². The van der Waals surface area contributed by atoms with Crippen LogP contribution in [0, 0.1) is 0 Å². The van der Waals surface area contributed by atoms with Gasteiger partial charge in [-0.05, 0) is 53.8 Å². The van der Waals surface area contributed by atoms with Crippen molar-refractivity contribution in [1.29, 1.82) is 0 Å². The summed E-state index contributed by atoms with van der Waals surface area (Å²) in [5.41, 5.74) is 2.62. The molecule has 0 atom stereocenters. The molecule has 1 heterocycles. The van der Waals surface area contributed by atoms with Gasteiger partial charge in [0.25, 0.3) is 10.0 Å². The Bertz CT molecular complexity index is 1260. The molecular formula is C20H23N3O7S2. The maximum absolute atomic E-state index is 12.7. The first-order valence-corrected chi connectivity index (χ1v) is 12.6. The molecule has 172 valence electrons. The van der Waals surface area contributed by atoms with Gasteiger partial charge in [0.05, 0.1) is 10.6 Å². The molecule has 0 spiro atoms. The van der Waals surface area contributed by atoms with Gasteiger partial charge in [0.15, 0.2) is 0 Å². The van der Waals surface area contributed by atoms with Crippen molar-refractivity contribution < 1.29 is 31.0 Å². The van der Waals surface area contributed by atoms with Crippen molar-refractivity contribution in [1.82, 2.24) is 9.62 Å². The molecule has 0 unspecified atom stereocenters. The fraction of sp³-hybridized carbons (Fsp3) is 0.300. The molecule has 3 N–H and O–H groups in total. The Kier molecular flexibility index (Phi) is 6.86. The number of aryl methyl sites for hydroxylation is 1. The Labute approximate surface area is 186 Å². The summed E-state index contributed by atoms with van der Waals surface area (Å²) in [7, 11) is -8.34. The number of carbonyl (C=O) groups excluding carboxylic acids is 2. The molecule has 0 fully saturated rings. The molecule has 32 heavy (non-hydrogen) atoms. The lowest BCUT2D eigenvalue weighted by atomic mass is 9.98. The second-order valence-electron chi connectivity index (χ2n) is 7.44. The standard InChI is InChI=1S/C20H23N3O7S2/c1-14(24)21-31(26,27)19-4-2-3-15(11-19)5-8-20(25)23-10-9-16-6-7-18(12-17(16)13-23)22-32(28,29)30/h2-4,6-7,11-12,22H,5,8-10,13H2,1H3,(H,21,24)(H,28,29,30). The first-order chi connectivity index (χ1) is 14.9. The van der Waals surface area contributed by atoms with Gasteiger partial charge in [0, 0.05) is 26.4 Å². The average molecular weight is 482 g/mol. The van der Waals surface area contributed by atoms with E-state index in [0.717, 1.165) is 18.1 Å². The van der Waals surface area contributed by atoms with E-state index < -0.39 is 26.2 Å². The molecule has 0 aliphatic carbocycles. The highest BCUT2D eigenvalue weighted by molar-refractivity contribution is 7.90. The van der Waals surface area contributed by atoms with Crippen LogP contribution in [0.4, 0.5) is 5.69 Å². The van der Waals surface area contributed by atoms with Gasteiger partial charge in [-0.2, -0.15) is 8.42 Å². The largest absolute Gasteiger partial charge is 0.357 e. The van der Waals surface area contributed by atoms with Gasteiger partial charge in [-0.3, -0.25) is 18.9 Å². The highest BCUT2D eigenvalue weighted by atomic mass is 32.2. The van der Waals surface area contributed by atoms with Crippen LogP contribution in [0.25, 0.3) is 0 Å². The van der Waals surface area contributed by atoms with Crippen LogP contribution >= 0.6 is 0 Å². The third kappa shape index (κ3) is 6.28. The summed E-state index contributed by atoms with van der Waals surface area (Å²) in [6.45, 7) is 1.92. The fourth-order valence-electron chi connectivity index (χ4n) is 3.51. The number of hydrogen-bond donors (Lipinski definition) is 3. The summed E-state index contributed by atoms with van der Waals surface area (Å²) in [4.78, 5) is 25.4. The smallest absolute Gasteiger partial charge is 0.338 e. The van der Waals surface area contributed by atoms with Gasteiger partial charge in [0.1, 0.15) is 0 Å². The van der Waals surface area contributed by atoms with Gasteiger partial charge >= 0.3 is 10.3 Å². The molecule has 0 bridgehead atoms. The van der Waals surface area contributed by atoms with Crippen LogP contribution in [0.15, 0.2) is 47.4 Å². The SMILES string of the molecule is CC(=O)NS(=O)(=O)c1cccc(CCC(=O)N2CCc3ccc(NS(=O)(=O)O)cc3C2)c1. The maximum Gasteiger partial charge on any atom is 0.357 e. The molecule has 0 radical (unpaired) electrons. The number of anilines is 1. The minimum absolute atomic E-state index is 0.0524. The number of carbonyl (C=O) groups is 2. The van der Waals surface area contributed by atoms with Crippen LogP contribution in [0.2, 0.25) is 0 Å². The Balaban J connectivity index is 1.65. The first-order valence-electron chi connectivity index (χ1n) is 9.70. The fourth-order valence-corrected chi connectivity index (χ4v) is 4.99. The molecule has 2 amide bonds. The van der Waals surface area contributed by atoms with Crippen molar-refractivity contribution in [2.24, 2.45) is 0 Å². The highest BCUT2D eigenvalue weighted by Crippen LogP contribution is 2.24. The van der Waals surface area contributed by atoms with Crippen molar-refractivity contribution in [3.63, 3.8) is 0 Å². The van der Waals surface area contributed by atoms with E-state index in [1.807, 2.05) is 9.44 Å². The summed E-state index contributed by atoms with van der Waals surface area (Å²) in [5.74, 6) is -0.815. The summed E-state index contributed by atoms with van der Waals surface area (Å²) in [6, 6.07) is 10.9. The van der Waals surface area contributed by atoms with E-state index in [-0.39, 0.29) is 22.9 Å². The van der Waals surface area contributed by atoms with Crippen molar-refractivity contribution in [3.05, 3.63) is 59.2 Å². The third-order valence-corrected chi connectivity index (χ3v) is 6.86. The summed E-state index contributed by atoms with van der Waals surface area (Å²) in [5, 5.41) is 0. The topological polar surface area (TPSA) is 150 Å². The van der Waals surface area contributed by atoms with E-state index in [2.05, 4.69) is 0 Å². The predicted octanol–water partition coefficient (Wildman–Crippen LogP) is 1.24. The number of nitrogens with zero attached hydrogens (tertiary/aromatic N) is 1. The molecule has 1 aliphatic heterocycles. The van der Waals surface area contributed by atoms with Crippen LogP contribution < -0.4 is 9.44 Å². The minimum atomic E-state index is -4.39. The quantitative estimate of drug-likeness (QED) is 0.504. The lowest BCUT2D eigenvalue weighted by Gasteiger charge is -2.29. The molecular weight excluding hydrogens is 458 g/mol. The normalized spacial score (nSPS) is 13.9. The zero-order chi connectivity index (χ0) is 23.5. The van der Waals surface area contributed by atoms with Crippen LogP contribution in [0.5, 0.6) is 0 Å². The summed E-state index contributed by atoms with van der Waals surface area (Å²) in [6.07, 6.45) is 1.08. The number of nitrogens with one attached hydrogen (secondary N) is 2. The van der Waals surface area contributed by atoms with E-state index in [1.165, 1.54) is 12.1 Å². The number of benzene rings is 2. The Hall–Kier alpha value is -2.96. The summed E-state index contributed by atoms with van der Waals surface area (Å²) >= 11 is 0. The van der Waals surface area contributed by atoms with Crippen LogP contribution in [0.3, 0.4) is 0 Å². The predicted molar refractivity (Wildman–Crippen MR) is 116 cm³/mol. The van der Waals surface area contributed by atoms with Gasteiger partial charge < -0.3 is 4.90 Å². The van der Waals surface area contributed by atoms with Crippen molar-refractivity contribution in [3.8, 4) is 0 Å². The van der Waals surface area contributed by atoms with Crippen LogP contribution in [-0.4, -0.2) is 44.6 Å². The zero-order valence-corrected chi connectivity index (χ0v) is 18.9. The maximum atomic E-state index is 12.7. The van der Waals surface area contributed by atoms with E-state index in [9.17, 15) is 26.4 Å². The van der Waals surface area contributed by atoms with E-state index >= 15 is 0 Å². The zero-order valence-electron chi connectivity index (χ0n) is 17.2. The number of amides is 2. The monoisotopic (exact) mass is 481 g/mol. The molecule has 2 aromatic rings. The highest BCUT2D eigenvalue weighted by Gasteiger charge is 2.22. The number of hydrogen-bond acceptors (Lipinski definition) is 6. The van der Waals surface area contributed by atoms with Crippen molar-refractivity contribution in [2.75, 3.05) is 11.3 Å². The summed E-state index contributed by atoms with van der Waals surface area (Å²) < 4.78 is 59.2. The Morgan fingerprint density at radius 3 is 2.50 bits per heavy atom. The van der Waals surface area contributed by atoms with Crippen molar-refractivity contribution in [2.45, 2.75) is 37.6 Å². The number of sulfonamides is 1. The molecule has 0 aromatic heterocycles. The lowest BCUT2D eigenvalue weighted by Crippen LogP contribution is -2.36. The van der Waals surface area contributed by atoms with E-state index in [4.69, 9.17) is 4.55 Å². The van der Waals surface area contributed by atoms with Gasteiger partial charge in [0.2, 0.25) is 11.8 Å². The molecule has 0 saturated carbocycles. The minimum Gasteiger partial charge on any atom is -0.338 e. The van der Waals surface area contributed by atoms with Gasteiger partial charge in [-0.1, -0.05) is 18.2 Å². The van der Waals surface area contributed by atoms with E-state index in [1.54, 1.807) is 35.2 Å². The number of rotatable bonds is 7. The lowest BCUT2D eigenvalue weighted by molar-refractivity contribution is -0.132. The molecule has 12 heteroatoms. The first kappa shape index (κ1) is 23.7. The van der Waals surface area contributed by atoms with E-state index in [0.29, 0.717) is 31.5 Å². The molecule has 3 rings (SSSR count). The van der Waals surface area contributed by atoms with Crippen LogP contribution in [-0.2, 0) is 49.3 Å².